The molecule has 1 amide bonds. The summed E-state index contributed by atoms with van der Waals surface area (Å²) in [6, 6.07) is 11.1. The fourth-order valence-electron chi connectivity index (χ4n) is 3.51. The lowest BCUT2D eigenvalue weighted by atomic mass is 10.2. The van der Waals surface area contributed by atoms with Gasteiger partial charge < -0.3 is 5.32 Å². The van der Waals surface area contributed by atoms with Crippen LogP contribution in [0.4, 0.5) is 5.69 Å². The topological polar surface area (TPSA) is 94.9 Å². The maximum atomic E-state index is 12.9. The van der Waals surface area contributed by atoms with Crippen molar-refractivity contribution in [1.82, 2.24) is 34.2 Å². The second-order valence-electron chi connectivity index (χ2n) is 7.41. The average molecular weight is 447 g/mol. The SMILES string of the molecule is Cc1c(-c2ccnc3cc(C(=O)Nc4cccc(Cn5cc(Cl)cn5)c4)nn23)cnn1C. The minimum atomic E-state index is -0.316. The summed E-state index contributed by atoms with van der Waals surface area (Å²) < 4.78 is 5.19. The van der Waals surface area contributed by atoms with Crippen molar-refractivity contribution in [3.8, 4) is 11.3 Å². The number of carbonyl (C=O) groups excluding carboxylic acids is 1. The quantitative estimate of drug-likeness (QED) is 0.445. The summed E-state index contributed by atoms with van der Waals surface area (Å²) in [5.74, 6) is -0.316. The van der Waals surface area contributed by atoms with Gasteiger partial charge in [0.1, 0.15) is 0 Å². The molecule has 5 aromatic rings. The Kier molecular flexibility index (Phi) is 4.95. The monoisotopic (exact) mass is 446 g/mol. The minimum absolute atomic E-state index is 0.274. The standard InChI is InChI=1S/C22H19ClN8O/c1-14-18(11-25-29(14)2)20-6-7-24-21-9-19(28-31(20)21)22(32)27-17-5-3-4-15(8-17)12-30-13-16(23)10-26-30/h3-11,13H,12H2,1-2H3,(H,27,32). The first-order chi connectivity index (χ1) is 15.5. The highest BCUT2D eigenvalue weighted by Gasteiger charge is 2.16. The number of benzene rings is 1. The van der Waals surface area contributed by atoms with Crippen molar-refractivity contribution in [3.05, 3.63) is 83.2 Å². The van der Waals surface area contributed by atoms with Crippen LogP contribution in [0.25, 0.3) is 16.9 Å². The molecule has 0 atom stereocenters. The fraction of sp³-hybridized carbons (Fsp3) is 0.136. The molecule has 32 heavy (non-hydrogen) atoms. The predicted octanol–water partition coefficient (Wildman–Crippen LogP) is 3.59. The molecule has 9 nitrogen and oxygen atoms in total. The Bertz CT molecular complexity index is 1450. The Morgan fingerprint density at radius 1 is 1.16 bits per heavy atom. The van der Waals surface area contributed by atoms with Gasteiger partial charge in [0, 0.05) is 42.5 Å². The number of hydrogen-bond acceptors (Lipinski definition) is 5. The molecule has 0 unspecified atom stereocenters. The van der Waals surface area contributed by atoms with Crippen LogP contribution in [0.2, 0.25) is 5.02 Å². The first-order valence-electron chi connectivity index (χ1n) is 9.90. The average Bonchev–Trinajstić information content (AvgIpc) is 3.48. The lowest BCUT2D eigenvalue weighted by Crippen LogP contribution is -2.13. The van der Waals surface area contributed by atoms with Gasteiger partial charge in [-0.1, -0.05) is 23.7 Å². The molecular formula is C22H19ClN8O. The number of aromatic nitrogens is 7. The largest absolute Gasteiger partial charge is 0.321 e. The number of halogens is 1. The van der Waals surface area contributed by atoms with Gasteiger partial charge >= 0.3 is 0 Å². The minimum Gasteiger partial charge on any atom is -0.321 e. The highest BCUT2D eigenvalue weighted by molar-refractivity contribution is 6.30. The number of nitrogens with zero attached hydrogens (tertiary/aromatic N) is 7. The van der Waals surface area contributed by atoms with Gasteiger partial charge in [-0.2, -0.15) is 15.3 Å². The van der Waals surface area contributed by atoms with E-state index in [1.165, 1.54) is 0 Å². The van der Waals surface area contributed by atoms with E-state index in [-0.39, 0.29) is 11.6 Å². The van der Waals surface area contributed by atoms with E-state index in [2.05, 4.69) is 25.6 Å². The zero-order valence-corrected chi connectivity index (χ0v) is 18.2. The van der Waals surface area contributed by atoms with Crippen molar-refractivity contribution < 1.29 is 4.79 Å². The van der Waals surface area contributed by atoms with Crippen molar-refractivity contribution in [2.24, 2.45) is 7.05 Å². The maximum absolute atomic E-state index is 12.9. The molecule has 0 spiro atoms. The number of anilines is 1. The van der Waals surface area contributed by atoms with Gasteiger partial charge in [-0.3, -0.25) is 14.2 Å². The second-order valence-corrected chi connectivity index (χ2v) is 7.84. The molecule has 0 aliphatic heterocycles. The highest BCUT2D eigenvalue weighted by atomic mass is 35.5. The summed E-state index contributed by atoms with van der Waals surface area (Å²) in [6.45, 7) is 2.53. The summed E-state index contributed by atoms with van der Waals surface area (Å²) in [7, 11) is 1.88. The molecule has 0 saturated heterocycles. The van der Waals surface area contributed by atoms with Crippen LogP contribution in [0.5, 0.6) is 0 Å². The number of aryl methyl sites for hydroxylation is 1. The third kappa shape index (κ3) is 3.74. The Balaban J connectivity index is 1.40. The highest BCUT2D eigenvalue weighted by Crippen LogP contribution is 2.23. The predicted molar refractivity (Wildman–Crippen MR) is 121 cm³/mol. The molecule has 4 heterocycles. The number of fused-ring (bicyclic) bond motifs is 1. The van der Waals surface area contributed by atoms with Gasteiger partial charge in [0.05, 0.1) is 29.7 Å². The molecule has 0 aliphatic rings. The van der Waals surface area contributed by atoms with E-state index in [9.17, 15) is 4.79 Å². The summed E-state index contributed by atoms with van der Waals surface area (Å²) >= 11 is 5.93. The summed E-state index contributed by atoms with van der Waals surface area (Å²) in [5, 5.41) is 16.5. The molecule has 1 aromatic carbocycles. The van der Waals surface area contributed by atoms with E-state index in [0.717, 1.165) is 22.5 Å². The third-order valence-electron chi connectivity index (χ3n) is 5.23. The van der Waals surface area contributed by atoms with Crippen molar-refractivity contribution in [2.45, 2.75) is 13.5 Å². The van der Waals surface area contributed by atoms with Gasteiger partial charge in [0.2, 0.25) is 0 Å². The fourth-order valence-corrected chi connectivity index (χ4v) is 3.67. The lowest BCUT2D eigenvalue weighted by Gasteiger charge is -2.07. The molecule has 0 saturated carbocycles. The molecule has 5 rings (SSSR count). The Morgan fingerprint density at radius 2 is 2.03 bits per heavy atom. The lowest BCUT2D eigenvalue weighted by molar-refractivity contribution is 0.102. The van der Waals surface area contributed by atoms with Crippen molar-refractivity contribution in [1.29, 1.82) is 0 Å². The van der Waals surface area contributed by atoms with E-state index >= 15 is 0 Å². The number of rotatable bonds is 5. The van der Waals surface area contributed by atoms with Crippen molar-refractivity contribution >= 4 is 28.8 Å². The van der Waals surface area contributed by atoms with Crippen LogP contribution >= 0.6 is 11.6 Å². The second kappa shape index (κ2) is 7.93. The van der Waals surface area contributed by atoms with Crippen molar-refractivity contribution in [2.75, 3.05) is 5.32 Å². The van der Waals surface area contributed by atoms with Gasteiger partial charge in [-0.25, -0.2) is 9.50 Å². The summed E-state index contributed by atoms with van der Waals surface area (Å²) in [5.41, 5.74) is 5.25. The number of carbonyl (C=O) groups is 1. The molecule has 0 fully saturated rings. The smallest absolute Gasteiger partial charge is 0.276 e. The first kappa shape index (κ1) is 20.0. The zero-order chi connectivity index (χ0) is 22.2. The van der Waals surface area contributed by atoms with E-state index < -0.39 is 0 Å². The van der Waals surface area contributed by atoms with Crippen LogP contribution in [0, 0.1) is 6.92 Å². The third-order valence-corrected chi connectivity index (χ3v) is 5.43. The van der Waals surface area contributed by atoms with Crippen LogP contribution in [0.15, 0.2) is 61.2 Å². The first-order valence-corrected chi connectivity index (χ1v) is 10.3. The van der Waals surface area contributed by atoms with Crippen LogP contribution in [0.3, 0.4) is 0 Å². The van der Waals surface area contributed by atoms with E-state index in [0.29, 0.717) is 22.9 Å². The number of nitrogens with one attached hydrogen (secondary N) is 1. The van der Waals surface area contributed by atoms with Crippen LogP contribution < -0.4 is 5.32 Å². The van der Waals surface area contributed by atoms with Crippen molar-refractivity contribution in [3.63, 3.8) is 0 Å². The van der Waals surface area contributed by atoms with Gasteiger partial charge in [-0.05, 0) is 30.7 Å². The van der Waals surface area contributed by atoms with Crippen LogP contribution in [0.1, 0.15) is 21.7 Å². The summed E-state index contributed by atoms with van der Waals surface area (Å²) in [4.78, 5) is 17.3. The van der Waals surface area contributed by atoms with Gasteiger partial charge in [0.15, 0.2) is 11.3 Å². The van der Waals surface area contributed by atoms with Gasteiger partial charge in [0.25, 0.3) is 5.91 Å². The maximum Gasteiger partial charge on any atom is 0.276 e. The number of amides is 1. The number of hydrogen-bond donors (Lipinski definition) is 1. The zero-order valence-electron chi connectivity index (χ0n) is 17.4. The van der Waals surface area contributed by atoms with Crippen LogP contribution in [-0.2, 0) is 13.6 Å². The molecular weight excluding hydrogens is 428 g/mol. The normalized spacial score (nSPS) is 11.2. The summed E-state index contributed by atoms with van der Waals surface area (Å²) in [6.07, 6.45) is 6.82. The van der Waals surface area contributed by atoms with Gasteiger partial charge in [-0.15, -0.1) is 0 Å². The molecule has 0 aliphatic carbocycles. The Hall–Kier alpha value is -3.98. The molecule has 0 bridgehead atoms. The molecule has 4 aromatic heterocycles. The van der Waals surface area contributed by atoms with E-state index in [1.807, 2.05) is 44.3 Å². The molecule has 10 heteroatoms. The molecule has 1 N–H and O–H groups in total. The molecule has 0 radical (unpaired) electrons. The Morgan fingerprint density at radius 3 is 2.78 bits per heavy atom. The van der Waals surface area contributed by atoms with E-state index in [4.69, 9.17) is 11.6 Å². The Labute approximate surface area is 188 Å². The van der Waals surface area contributed by atoms with Crippen LogP contribution in [-0.4, -0.2) is 40.1 Å². The molecule has 160 valence electrons. The van der Waals surface area contributed by atoms with E-state index in [1.54, 1.807) is 44.7 Å².